The van der Waals surface area contributed by atoms with Gasteiger partial charge in [0.1, 0.15) is 0 Å². The third-order valence-corrected chi connectivity index (χ3v) is 2.87. The molecule has 3 N–H and O–H groups in total. The average Bonchev–Trinajstić information content (AvgIpc) is 2.21. The van der Waals surface area contributed by atoms with Gasteiger partial charge in [-0.3, -0.25) is 0 Å². The second kappa shape index (κ2) is 5.38. The van der Waals surface area contributed by atoms with Gasteiger partial charge in [0.25, 0.3) is 0 Å². The summed E-state index contributed by atoms with van der Waals surface area (Å²) in [4.78, 5) is 0. The van der Waals surface area contributed by atoms with E-state index in [9.17, 15) is 0 Å². The zero-order valence-corrected chi connectivity index (χ0v) is 10.1. The second-order valence-electron chi connectivity index (χ2n) is 4.52. The van der Waals surface area contributed by atoms with Gasteiger partial charge in [0.2, 0.25) is 0 Å². The molecule has 0 aliphatic rings. The lowest BCUT2D eigenvalue weighted by molar-refractivity contribution is 0.358. The average molecular weight is 227 g/mol. The van der Waals surface area contributed by atoms with Crippen LogP contribution in [0.15, 0.2) is 24.3 Å². The Labute approximate surface area is 96.8 Å². The van der Waals surface area contributed by atoms with Crippen LogP contribution in [0.3, 0.4) is 0 Å². The molecule has 0 atom stereocenters. The molecule has 0 aliphatic carbocycles. The predicted molar refractivity (Wildman–Crippen MR) is 67.4 cm³/mol. The predicted octanol–water partition coefficient (Wildman–Crippen LogP) is 3.13. The van der Waals surface area contributed by atoms with Gasteiger partial charge in [-0.05, 0) is 30.5 Å². The van der Waals surface area contributed by atoms with Crippen LogP contribution >= 0.6 is 11.6 Å². The maximum atomic E-state index is 6.02. The number of halogens is 1. The highest BCUT2D eigenvalue weighted by molar-refractivity contribution is 6.33. The third kappa shape index (κ3) is 4.10. The highest BCUT2D eigenvalue weighted by atomic mass is 35.5. The van der Waals surface area contributed by atoms with Crippen LogP contribution in [0.4, 0.5) is 5.69 Å². The van der Waals surface area contributed by atoms with Gasteiger partial charge >= 0.3 is 0 Å². The van der Waals surface area contributed by atoms with Crippen LogP contribution in [0.25, 0.3) is 0 Å². The maximum Gasteiger partial charge on any atom is 0.0637 e. The molecule has 0 bridgehead atoms. The first-order chi connectivity index (χ1) is 7.05. The van der Waals surface area contributed by atoms with Crippen LogP contribution in [-0.4, -0.2) is 13.1 Å². The number of anilines is 1. The molecule has 0 saturated carbocycles. The van der Waals surface area contributed by atoms with Crippen LogP contribution in [0.2, 0.25) is 5.02 Å². The number of nitrogens with two attached hydrogens (primary N) is 1. The summed E-state index contributed by atoms with van der Waals surface area (Å²) in [6, 6.07) is 7.77. The summed E-state index contributed by atoms with van der Waals surface area (Å²) >= 11 is 6.02. The lowest BCUT2D eigenvalue weighted by atomic mass is 9.90. The van der Waals surface area contributed by atoms with Gasteiger partial charge in [-0.2, -0.15) is 0 Å². The monoisotopic (exact) mass is 226 g/mol. The van der Waals surface area contributed by atoms with Gasteiger partial charge in [-0.15, -0.1) is 0 Å². The smallest absolute Gasteiger partial charge is 0.0637 e. The molecule has 0 unspecified atom stereocenters. The molecule has 3 heteroatoms. The van der Waals surface area contributed by atoms with Crippen LogP contribution in [0, 0.1) is 5.41 Å². The normalized spacial score (nSPS) is 11.5. The van der Waals surface area contributed by atoms with E-state index in [1.165, 1.54) is 0 Å². The van der Waals surface area contributed by atoms with E-state index in [4.69, 9.17) is 17.3 Å². The second-order valence-corrected chi connectivity index (χ2v) is 4.93. The van der Waals surface area contributed by atoms with Gasteiger partial charge in [-0.1, -0.05) is 37.6 Å². The summed E-state index contributed by atoms with van der Waals surface area (Å²) in [6.07, 6.45) is 1.04. The molecule has 1 rings (SSSR count). The van der Waals surface area contributed by atoms with E-state index >= 15 is 0 Å². The van der Waals surface area contributed by atoms with Crippen molar-refractivity contribution < 1.29 is 0 Å². The van der Waals surface area contributed by atoms with Crippen molar-refractivity contribution in [1.29, 1.82) is 0 Å². The van der Waals surface area contributed by atoms with Crippen LogP contribution in [-0.2, 0) is 0 Å². The molecule has 0 aromatic heterocycles. The summed E-state index contributed by atoms with van der Waals surface area (Å²) in [5.41, 5.74) is 6.84. The minimum atomic E-state index is 0.189. The zero-order valence-electron chi connectivity index (χ0n) is 9.39. The lowest BCUT2D eigenvalue weighted by Gasteiger charge is -2.22. The lowest BCUT2D eigenvalue weighted by Crippen LogP contribution is -2.26. The molecule has 0 amide bonds. The Morgan fingerprint density at radius 1 is 1.33 bits per heavy atom. The van der Waals surface area contributed by atoms with E-state index in [0.717, 1.165) is 23.7 Å². The minimum absolute atomic E-state index is 0.189. The summed E-state index contributed by atoms with van der Waals surface area (Å²) in [6.45, 7) is 5.94. The summed E-state index contributed by atoms with van der Waals surface area (Å²) in [5.74, 6) is 0. The SMILES string of the molecule is CC(C)(CN)CCNc1ccccc1Cl. The van der Waals surface area contributed by atoms with Crippen LogP contribution < -0.4 is 11.1 Å². The molecule has 15 heavy (non-hydrogen) atoms. The number of hydrogen-bond donors (Lipinski definition) is 2. The fourth-order valence-corrected chi connectivity index (χ4v) is 1.44. The summed E-state index contributed by atoms with van der Waals surface area (Å²) < 4.78 is 0. The highest BCUT2D eigenvalue weighted by Gasteiger charge is 2.14. The van der Waals surface area contributed by atoms with Crippen LogP contribution in [0.1, 0.15) is 20.3 Å². The molecule has 0 heterocycles. The molecule has 2 nitrogen and oxygen atoms in total. The molecule has 0 fully saturated rings. The Balaban J connectivity index is 2.42. The molecule has 0 aliphatic heterocycles. The Kier molecular flexibility index (Phi) is 4.43. The highest BCUT2D eigenvalue weighted by Crippen LogP contribution is 2.22. The van der Waals surface area contributed by atoms with E-state index in [-0.39, 0.29) is 5.41 Å². The molecule has 1 aromatic carbocycles. The molecule has 0 saturated heterocycles. The summed E-state index contributed by atoms with van der Waals surface area (Å²) in [7, 11) is 0. The first-order valence-corrected chi connectivity index (χ1v) is 5.61. The molecular formula is C12H19ClN2. The third-order valence-electron chi connectivity index (χ3n) is 2.54. The topological polar surface area (TPSA) is 38.0 Å². The molecule has 1 aromatic rings. The fraction of sp³-hybridized carbons (Fsp3) is 0.500. The van der Waals surface area contributed by atoms with Crippen molar-refractivity contribution in [2.45, 2.75) is 20.3 Å². The Morgan fingerprint density at radius 2 is 2.00 bits per heavy atom. The molecule has 84 valence electrons. The van der Waals surface area contributed by atoms with Crippen molar-refractivity contribution in [1.82, 2.24) is 0 Å². The zero-order chi connectivity index (χ0) is 11.3. The Hall–Kier alpha value is -0.730. The largest absolute Gasteiger partial charge is 0.384 e. The van der Waals surface area contributed by atoms with Gasteiger partial charge in [0, 0.05) is 6.54 Å². The van der Waals surface area contributed by atoms with Crippen molar-refractivity contribution in [2.24, 2.45) is 11.1 Å². The van der Waals surface area contributed by atoms with Crippen molar-refractivity contribution in [3.8, 4) is 0 Å². The number of hydrogen-bond acceptors (Lipinski definition) is 2. The standard InChI is InChI=1S/C12H19ClN2/c1-12(2,9-14)7-8-15-11-6-4-3-5-10(11)13/h3-6,15H,7-9,14H2,1-2H3. The summed E-state index contributed by atoms with van der Waals surface area (Å²) in [5, 5.41) is 4.08. The van der Waals surface area contributed by atoms with E-state index in [1.54, 1.807) is 0 Å². The number of rotatable bonds is 5. The number of para-hydroxylation sites is 1. The van der Waals surface area contributed by atoms with Gasteiger partial charge in [-0.25, -0.2) is 0 Å². The molecular weight excluding hydrogens is 208 g/mol. The fourth-order valence-electron chi connectivity index (χ4n) is 1.24. The van der Waals surface area contributed by atoms with Crippen molar-refractivity contribution in [3.05, 3.63) is 29.3 Å². The van der Waals surface area contributed by atoms with Gasteiger partial charge in [0.15, 0.2) is 0 Å². The van der Waals surface area contributed by atoms with Crippen molar-refractivity contribution in [2.75, 3.05) is 18.4 Å². The Bertz CT molecular complexity index is 310. The van der Waals surface area contributed by atoms with Crippen LogP contribution in [0.5, 0.6) is 0 Å². The quantitative estimate of drug-likeness (QED) is 0.810. The molecule has 0 radical (unpaired) electrons. The first kappa shape index (κ1) is 12.3. The van der Waals surface area contributed by atoms with Crippen molar-refractivity contribution in [3.63, 3.8) is 0 Å². The van der Waals surface area contributed by atoms with Crippen molar-refractivity contribution >= 4 is 17.3 Å². The number of nitrogens with one attached hydrogen (secondary N) is 1. The maximum absolute atomic E-state index is 6.02. The number of benzene rings is 1. The minimum Gasteiger partial charge on any atom is -0.384 e. The van der Waals surface area contributed by atoms with E-state index in [1.807, 2.05) is 24.3 Å². The Morgan fingerprint density at radius 3 is 2.60 bits per heavy atom. The molecule has 0 spiro atoms. The van der Waals surface area contributed by atoms with Gasteiger partial charge < -0.3 is 11.1 Å². The van der Waals surface area contributed by atoms with E-state index < -0.39 is 0 Å². The first-order valence-electron chi connectivity index (χ1n) is 5.24. The van der Waals surface area contributed by atoms with E-state index in [2.05, 4.69) is 19.2 Å². The van der Waals surface area contributed by atoms with E-state index in [0.29, 0.717) is 6.54 Å². The van der Waals surface area contributed by atoms with Gasteiger partial charge in [0.05, 0.1) is 10.7 Å².